The Balaban J connectivity index is 2.13. The molecule has 1 saturated carbocycles. The SMILES string of the molecule is C=C(CC(=O)OC1(c2ncc(C(F)(F)F)cn2)CCC1)C(=O)O. The second-order valence-electron chi connectivity index (χ2n) is 5.20. The van der Waals surface area contributed by atoms with Crippen LogP contribution < -0.4 is 0 Å². The highest BCUT2D eigenvalue weighted by Crippen LogP contribution is 2.43. The quantitative estimate of drug-likeness (QED) is 0.659. The molecular formula is C14H13F3N2O4. The van der Waals surface area contributed by atoms with Crippen molar-refractivity contribution in [1.29, 1.82) is 0 Å². The molecule has 1 heterocycles. The van der Waals surface area contributed by atoms with Crippen LogP contribution in [0.25, 0.3) is 0 Å². The van der Waals surface area contributed by atoms with E-state index in [2.05, 4.69) is 16.5 Å². The third-order valence-electron chi connectivity index (χ3n) is 3.52. The van der Waals surface area contributed by atoms with Crippen molar-refractivity contribution in [2.24, 2.45) is 0 Å². The van der Waals surface area contributed by atoms with Gasteiger partial charge in [-0.25, -0.2) is 14.8 Å². The topological polar surface area (TPSA) is 89.4 Å². The van der Waals surface area contributed by atoms with E-state index in [0.717, 1.165) is 0 Å². The molecular weight excluding hydrogens is 317 g/mol. The Morgan fingerprint density at radius 2 is 1.87 bits per heavy atom. The monoisotopic (exact) mass is 330 g/mol. The standard InChI is InChI=1S/C14H13F3N2O4/c1-8(11(21)22)5-10(20)23-13(3-2-4-13)12-18-6-9(7-19-12)14(15,16)17/h6-7H,1-5H2,(H,21,22). The van der Waals surface area contributed by atoms with Gasteiger partial charge in [0.1, 0.15) is 0 Å². The van der Waals surface area contributed by atoms with E-state index < -0.39 is 35.7 Å². The van der Waals surface area contributed by atoms with Gasteiger partial charge in [0.15, 0.2) is 11.4 Å². The Kier molecular flexibility index (Phi) is 4.39. The minimum absolute atomic E-state index is 0.0222. The number of nitrogens with zero attached hydrogens (tertiary/aromatic N) is 2. The molecule has 9 heteroatoms. The molecule has 0 spiro atoms. The highest BCUT2D eigenvalue weighted by atomic mass is 19.4. The second-order valence-corrected chi connectivity index (χ2v) is 5.20. The van der Waals surface area contributed by atoms with E-state index in [9.17, 15) is 22.8 Å². The first kappa shape index (κ1) is 16.9. The summed E-state index contributed by atoms with van der Waals surface area (Å²) in [6.07, 6.45) is -2.39. The third kappa shape index (κ3) is 3.66. The molecule has 124 valence electrons. The lowest BCUT2D eigenvalue weighted by Gasteiger charge is -2.39. The van der Waals surface area contributed by atoms with Crippen molar-refractivity contribution in [2.75, 3.05) is 0 Å². The van der Waals surface area contributed by atoms with Gasteiger partial charge in [0, 0.05) is 18.0 Å². The molecule has 2 rings (SSSR count). The molecule has 0 saturated heterocycles. The molecule has 0 radical (unpaired) electrons. The number of carbonyl (C=O) groups is 2. The largest absolute Gasteiger partial charge is 0.478 e. The van der Waals surface area contributed by atoms with Crippen LogP contribution in [0.5, 0.6) is 0 Å². The summed E-state index contributed by atoms with van der Waals surface area (Å²) in [5.41, 5.74) is -2.53. The lowest BCUT2D eigenvalue weighted by atomic mass is 9.79. The van der Waals surface area contributed by atoms with Gasteiger partial charge >= 0.3 is 18.1 Å². The number of ether oxygens (including phenoxy) is 1. The summed E-state index contributed by atoms with van der Waals surface area (Å²) in [7, 11) is 0. The number of carbonyl (C=O) groups excluding carboxylic acids is 1. The van der Waals surface area contributed by atoms with Gasteiger partial charge in [0.2, 0.25) is 0 Å². The second kappa shape index (κ2) is 5.98. The molecule has 1 aromatic heterocycles. The smallest absolute Gasteiger partial charge is 0.419 e. The van der Waals surface area contributed by atoms with Crippen molar-refractivity contribution in [2.45, 2.75) is 37.5 Å². The predicted octanol–water partition coefficient (Wildman–Crippen LogP) is 2.45. The molecule has 0 aliphatic heterocycles. The molecule has 0 bridgehead atoms. The van der Waals surface area contributed by atoms with E-state index in [-0.39, 0.29) is 11.4 Å². The average molecular weight is 330 g/mol. The zero-order chi connectivity index (χ0) is 17.3. The maximum Gasteiger partial charge on any atom is 0.419 e. The Morgan fingerprint density at radius 1 is 1.30 bits per heavy atom. The van der Waals surface area contributed by atoms with Crippen LogP contribution in [-0.4, -0.2) is 27.0 Å². The van der Waals surface area contributed by atoms with Crippen LogP contribution in [0.3, 0.4) is 0 Å². The van der Waals surface area contributed by atoms with E-state index in [1.165, 1.54) is 0 Å². The van der Waals surface area contributed by atoms with Crippen LogP contribution in [0.15, 0.2) is 24.5 Å². The molecule has 1 aliphatic carbocycles. The number of carboxylic acids is 1. The highest BCUT2D eigenvalue weighted by Gasteiger charge is 2.46. The fourth-order valence-corrected chi connectivity index (χ4v) is 2.08. The molecule has 1 aliphatic rings. The summed E-state index contributed by atoms with van der Waals surface area (Å²) in [5.74, 6) is -2.18. The Hall–Kier alpha value is -2.45. The molecule has 23 heavy (non-hydrogen) atoms. The van der Waals surface area contributed by atoms with E-state index in [1.54, 1.807) is 0 Å². The summed E-state index contributed by atoms with van der Waals surface area (Å²) < 4.78 is 42.8. The normalized spacial score (nSPS) is 16.3. The molecule has 0 atom stereocenters. The van der Waals surface area contributed by atoms with Crippen LogP contribution in [0, 0.1) is 0 Å². The van der Waals surface area contributed by atoms with Crippen molar-refractivity contribution < 1.29 is 32.6 Å². The highest BCUT2D eigenvalue weighted by molar-refractivity contribution is 5.91. The van der Waals surface area contributed by atoms with Crippen LogP contribution in [0.2, 0.25) is 0 Å². The van der Waals surface area contributed by atoms with Gasteiger partial charge in [0.25, 0.3) is 0 Å². The number of hydrogen-bond acceptors (Lipinski definition) is 5. The molecule has 0 aromatic carbocycles. The van der Waals surface area contributed by atoms with Crippen LogP contribution in [0.4, 0.5) is 13.2 Å². The maximum atomic E-state index is 12.5. The first-order chi connectivity index (χ1) is 10.6. The average Bonchev–Trinajstić information content (AvgIpc) is 2.42. The minimum Gasteiger partial charge on any atom is -0.478 e. The van der Waals surface area contributed by atoms with Crippen molar-refractivity contribution in [1.82, 2.24) is 9.97 Å². The number of carboxylic acid groups (broad SMARTS) is 1. The lowest BCUT2D eigenvalue weighted by molar-refractivity contribution is -0.173. The van der Waals surface area contributed by atoms with Gasteiger partial charge in [-0.1, -0.05) is 6.58 Å². The van der Waals surface area contributed by atoms with Gasteiger partial charge in [-0.3, -0.25) is 4.79 Å². The summed E-state index contributed by atoms with van der Waals surface area (Å²) in [4.78, 5) is 29.7. The first-order valence-corrected chi connectivity index (χ1v) is 6.67. The molecule has 1 fully saturated rings. The number of esters is 1. The van der Waals surface area contributed by atoms with Gasteiger partial charge < -0.3 is 9.84 Å². The maximum absolute atomic E-state index is 12.5. The van der Waals surface area contributed by atoms with E-state index in [1.807, 2.05) is 0 Å². The minimum atomic E-state index is -4.55. The fraction of sp³-hybridized carbons (Fsp3) is 0.429. The van der Waals surface area contributed by atoms with Crippen molar-refractivity contribution in [3.63, 3.8) is 0 Å². The number of alkyl halides is 3. The van der Waals surface area contributed by atoms with Crippen molar-refractivity contribution >= 4 is 11.9 Å². The number of halogens is 3. The van der Waals surface area contributed by atoms with Gasteiger partial charge in [-0.2, -0.15) is 13.2 Å². The van der Waals surface area contributed by atoms with Crippen molar-refractivity contribution in [3.8, 4) is 0 Å². The molecule has 6 nitrogen and oxygen atoms in total. The number of hydrogen-bond donors (Lipinski definition) is 1. The van der Waals surface area contributed by atoms with Crippen LogP contribution in [0.1, 0.15) is 37.1 Å². The summed E-state index contributed by atoms with van der Waals surface area (Å²) >= 11 is 0. The van der Waals surface area contributed by atoms with E-state index in [0.29, 0.717) is 31.7 Å². The molecule has 0 amide bonds. The van der Waals surface area contributed by atoms with Gasteiger partial charge in [-0.15, -0.1) is 0 Å². The van der Waals surface area contributed by atoms with E-state index >= 15 is 0 Å². The summed E-state index contributed by atoms with van der Waals surface area (Å²) in [6.45, 7) is 3.22. The Morgan fingerprint density at radius 3 is 2.26 bits per heavy atom. The fourth-order valence-electron chi connectivity index (χ4n) is 2.08. The van der Waals surface area contributed by atoms with Crippen LogP contribution in [-0.2, 0) is 26.1 Å². The lowest BCUT2D eigenvalue weighted by Crippen LogP contribution is -2.41. The zero-order valence-electron chi connectivity index (χ0n) is 11.9. The van der Waals surface area contributed by atoms with Gasteiger partial charge in [-0.05, 0) is 19.3 Å². The number of aromatic nitrogens is 2. The Bertz CT molecular complexity index is 636. The zero-order valence-corrected chi connectivity index (χ0v) is 11.9. The molecule has 1 aromatic rings. The third-order valence-corrected chi connectivity index (χ3v) is 3.52. The van der Waals surface area contributed by atoms with Crippen LogP contribution >= 0.6 is 0 Å². The van der Waals surface area contributed by atoms with E-state index in [4.69, 9.17) is 9.84 Å². The Labute approximate surface area is 129 Å². The molecule has 1 N–H and O–H groups in total. The number of rotatable bonds is 5. The van der Waals surface area contributed by atoms with Gasteiger partial charge in [0.05, 0.1) is 12.0 Å². The van der Waals surface area contributed by atoms with Crippen molar-refractivity contribution in [3.05, 3.63) is 35.9 Å². The number of aliphatic carboxylic acids is 1. The first-order valence-electron chi connectivity index (χ1n) is 6.67. The summed E-state index contributed by atoms with van der Waals surface area (Å²) in [5, 5.41) is 8.69. The molecule has 0 unspecified atom stereocenters. The summed E-state index contributed by atoms with van der Waals surface area (Å²) in [6, 6.07) is 0. The predicted molar refractivity (Wildman–Crippen MR) is 70.0 cm³/mol.